The second-order valence-corrected chi connectivity index (χ2v) is 7.42. The summed E-state index contributed by atoms with van der Waals surface area (Å²) < 4.78 is 1.58. The van der Waals surface area contributed by atoms with E-state index in [9.17, 15) is 4.79 Å². The van der Waals surface area contributed by atoms with Crippen LogP contribution in [0.1, 0.15) is 15.4 Å². The summed E-state index contributed by atoms with van der Waals surface area (Å²) in [5, 5.41) is 14.5. The number of guanidine groups is 1. The highest BCUT2D eigenvalue weighted by atomic mass is 32.1. The monoisotopic (exact) mass is 397 g/mol. The molecule has 3 N–H and O–H groups in total. The molecule has 1 amide bonds. The number of carbonyl (C=O) groups excluding carboxylic acids is 1. The van der Waals surface area contributed by atoms with Gasteiger partial charge in [-0.05, 0) is 30.7 Å². The molecular weight excluding hydrogens is 374 g/mol. The maximum Gasteiger partial charge on any atom is 0.246 e. The van der Waals surface area contributed by atoms with E-state index in [1.54, 1.807) is 41.5 Å². The van der Waals surface area contributed by atoms with Crippen LogP contribution in [0, 0.1) is 6.92 Å². The molecule has 9 heteroatoms. The Kier molecular flexibility index (Phi) is 6.74. The number of anilines is 1. The highest BCUT2D eigenvalue weighted by Gasteiger charge is 2.05. The SMILES string of the molecule is CN=C(NCc1cccc(NC(=O)Cn2cccn2)c1)NCc1ncc(C)s1. The lowest BCUT2D eigenvalue weighted by molar-refractivity contribution is -0.116. The van der Waals surface area contributed by atoms with Crippen molar-refractivity contribution >= 4 is 28.9 Å². The minimum atomic E-state index is -0.120. The number of nitrogens with zero attached hydrogens (tertiary/aromatic N) is 4. The molecule has 3 aromatic rings. The number of thiazole rings is 1. The van der Waals surface area contributed by atoms with Crippen molar-refractivity contribution in [2.45, 2.75) is 26.6 Å². The summed E-state index contributed by atoms with van der Waals surface area (Å²) in [6.45, 7) is 3.43. The number of nitrogens with one attached hydrogen (secondary N) is 3. The lowest BCUT2D eigenvalue weighted by atomic mass is 10.2. The summed E-state index contributed by atoms with van der Waals surface area (Å²) in [5.74, 6) is 0.575. The van der Waals surface area contributed by atoms with Gasteiger partial charge in [-0.3, -0.25) is 14.5 Å². The third-order valence-electron chi connectivity index (χ3n) is 3.84. The second kappa shape index (κ2) is 9.65. The standard InChI is InChI=1S/C19H23N7OS/c1-14-10-21-18(28-14)12-23-19(20-2)22-11-15-5-3-6-16(9-15)25-17(27)13-26-8-4-7-24-26/h3-10H,11-13H2,1-2H3,(H,25,27)(H2,20,22,23). The third-order valence-corrected chi connectivity index (χ3v) is 4.75. The summed E-state index contributed by atoms with van der Waals surface area (Å²) in [6.07, 6.45) is 5.27. The number of aliphatic imine (C=N–C) groups is 1. The van der Waals surface area contributed by atoms with Gasteiger partial charge in [0, 0.05) is 42.7 Å². The molecule has 0 fully saturated rings. The second-order valence-electron chi connectivity index (χ2n) is 6.10. The van der Waals surface area contributed by atoms with Crippen LogP contribution in [0.5, 0.6) is 0 Å². The number of amides is 1. The molecule has 0 saturated heterocycles. The zero-order chi connectivity index (χ0) is 19.8. The van der Waals surface area contributed by atoms with E-state index in [2.05, 4.69) is 31.0 Å². The quantitative estimate of drug-likeness (QED) is 0.419. The van der Waals surface area contributed by atoms with Gasteiger partial charge >= 0.3 is 0 Å². The Morgan fingerprint density at radius 2 is 2.11 bits per heavy atom. The molecular formula is C19H23N7OS. The molecule has 0 aliphatic carbocycles. The fraction of sp³-hybridized carbons (Fsp3) is 0.263. The molecule has 0 radical (unpaired) electrons. The first-order valence-corrected chi connectivity index (χ1v) is 9.66. The Balaban J connectivity index is 1.49. The Bertz CT molecular complexity index is 933. The normalized spacial score (nSPS) is 11.3. The van der Waals surface area contributed by atoms with Crippen LogP contribution in [-0.2, 0) is 24.4 Å². The minimum absolute atomic E-state index is 0.120. The molecule has 0 saturated carbocycles. The van der Waals surface area contributed by atoms with Gasteiger partial charge in [0.2, 0.25) is 5.91 Å². The molecule has 0 unspecified atom stereocenters. The van der Waals surface area contributed by atoms with Gasteiger partial charge in [-0.1, -0.05) is 12.1 Å². The summed E-state index contributed by atoms with van der Waals surface area (Å²) >= 11 is 1.66. The third kappa shape index (κ3) is 5.92. The molecule has 28 heavy (non-hydrogen) atoms. The van der Waals surface area contributed by atoms with Gasteiger partial charge in [0.1, 0.15) is 11.6 Å². The van der Waals surface area contributed by atoms with E-state index in [-0.39, 0.29) is 12.5 Å². The van der Waals surface area contributed by atoms with Gasteiger partial charge in [-0.2, -0.15) is 5.10 Å². The molecule has 8 nitrogen and oxygen atoms in total. The van der Waals surface area contributed by atoms with E-state index < -0.39 is 0 Å². The van der Waals surface area contributed by atoms with Crippen molar-refractivity contribution in [1.29, 1.82) is 0 Å². The lowest BCUT2D eigenvalue weighted by Crippen LogP contribution is -2.36. The first-order chi connectivity index (χ1) is 13.6. The number of aryl methyl sites for hydroxylation is 1. The Morgan fingerprint density at radius 1 is 1.25 bits per heavy atom. The van der Waals surface area contributed by atoms with Gasteiger partial charge in [-0.25, -0.2) is 4.98 Å². The summed E-state index contributed by atoms with van der Waals surface area (Å²) in [6, 6.07) is 9.49. The van der Waals surface area contributed by atoms with Crippen molar-refractivity contribution in [1.82, 2.24) is 25.4 Å². The van der Waals surface area contributed by atoms with Crippen molar-refractivity contribution in [3.63, 3.8) is 0 Å². The van der Waals surface area contributed by atoms with Crippen molar-refractivity contribution in [2.24, 2.45) is 4.99 Å². The molecule has 2 heterocycles. The van der Waals surface area contributed by atoms with Crippen LogP contribution in [0.3, 0.4) is 0 Å². The molecule has 0 spiro atoms. The van der Waals surface area contributed by atoms with Gasteiger partial charge in [0.15, 0.2) is 5.96 Å². The number of benzene rings is 1. The Hall–Kier alpha value is -3.20. The van der Waals surface area contributed by atoms with Gasteiger partial charge in [0.05, 0.1) is 6.54 Å². The van der Waals surface area contributed by atoms with E-state index >= 15 is 0 Å². The number of rotatable bonds is 7. The predicted molar refractivity (Wildman–Crippen MR) is 111 cm³/mol. The smallest absolute Gasteiger partial charge is 0.246 e. The minimum Gasteiger partial charge on any atom is -0.352 e. The zero-order valence-corrected chi connectivity index (χ0v) is 16.7. The van der Waals surface area contributed by atoms with Crippen LogP contribution in [0.25, 0.3) is 0 Å². The number of carbonyl (C=O) groups is 1. The van der Waals surface area contributed by atoms with Crippen molar-refractivity contribution in [2.75, 3.05) is 12.4 Å². The number of hydrogen-bond donors (Lipinski definition) is 3. The van der Waals surface area contributed by atoms with E-state index in [1.807, 2.05) is 37.4 Å². The molecule has 0 aliphatic rings. The van der Waals surface area contributed by atoms with Crippen LogP contribution >= 0.6 is 11.3 Å². The van der Waals surface area contributed by atoms with Crippen LogP contribution < -0.4 is 16.0 Å². The average Bonchev–Trinajstić information content (AvgIpc) is 3.34. The Morgan fingerprint density at radius 3 is 2.82 bits per heavy atom. The van der Waals surface area contributed by atoms with Crippen LogP contribution in [0.2, 0.25) is 0 Å². The van der Waals surface area contributed by atoms with Crippen molar-refractivity contribution in [3.8, 4) is 0 Å². The number of aromatic nitrogens is 3. The summed E-state index contributed by atoms with van der Waals surface area (Å²) in [4.78, 5) is 21.9. The first kappa shape index (κ1) is 19.6. The highest BCUT2D eigenvalue weighted by Crippen LogP contribution is 2.11. The van der Waals surface area contributed by atoms with Gasteiger partial charge < -0.3 is 16.0 Å². The van der Waals surface area contributed by atoms with Crippen molar-refractivity contribution < 1.29 is 4.79 Å². The van der Waals surface area contributed by atoms with Crippen molar-refractivity contribution in [3.05, 3.63) is 64.4 Å². The summed E-state index contributed by atoms with van der Waals surface area (Å²) in [7, 11) is 1.73. The molecule has 3 rings (SSSR count). The Labute approximate surface area is 167 Å². The molecule has 1 aromatic carbocycles. The lowest BCUT2D eigenvalue weighted by Gasteiger charge is -2.12. The fourth-order valence-corrected chi connectivity index (χ4v) is 3.28. The fourth-order valence-electron chi connectivity index (χ4n) is 2.55. The zero-order valence-electron chi connectivity index (χ0n) is 15.8. The van der Waals surface area contributed by atoms with Gasteiger partial charge in [0.25, 0.3) is 0 Å². The van der Waals surface area contributed by atoms with E-state index in [0.29, 0.717) is 19.0 Å². The van der Waals surface area contributed by atoms with Crippen LogP contribution in [-0.4, -0.2) is 33.7 Å². The molecule has 0 atom stereocenters. The number of hydrogen-bond acceptors (Lipinski definition) is 5. The van der Waals surface area contributed by atoms with Crippen LogP contribution in [0.15, 0.2) is 53.9 Å². The van der Waals surface area contributed by atoms with E-state index in [1.165, 1.54) is 4.88 Å². The van der Waals surface area contributed by atoms with Crippen LogP contribution in [0.4, 0.5) is 5.69 Å². The maximum atomic E-state index is 12.1. The molecule has 0 aliphatic heterocycles. The maximum absolute atomic E-state index is 12.1. The van der Waals surface area contributed by atoms with Gasteiger partial charge in [-0.15, -0.1) is 11.3 Å². The molecule has 146 valence electrons. The summed E-state index contributed by atoms with van der Waals surface area (Å²) in [5.41, 5.74) is 1.78. The topological polar surface area (TPSA) is 96.2 Å². The predicted octanol–water partition coefficient (Wildman–Crippen LogP) is 2.15. The van der Waals surface area contributed by atoms with E-state index in [0.717, 1.165) is 16.3 Å². The molecule has 0 bridgehead atoms. The first-order valence-electron chi connectivity index (χ1n) is 8.84. The molecule has 2 aromatic heterocycles. The average molecular weight is 398 g/mol. The highest BCUT2D eigenvalue weighted by molar-refractivity contribution is 7.11. The largest absolute Gasteiger partial charge is 0.352 e. The van der Waals surface area contributed by atoms with E-state index in [4.69, 9.17) is 0 Å².